The SMILES string of the molecule is CN(COc1ccccc1C(=O)O)C1CCS(=O)(=O)C1. The lowest BCUT2D eigenvalue weighted by Gasteiger charge is -2.23. The Hall–Kier alpha value is -1.60. The molecule has 1 aliphatic rings. The van der Waals surface area contributed by atoms with Crippen LogP contribution < -0.4 is 4.74 Å². The molecule has 1 aliphatic heterocycles. The number of rotatable bonds is 5. The van der Waals surface area contributed by atoms with Gasteiger partial charge in [-0.1, -0.05) is 12.1 Å². The van der Waals surface area contributed by atoms with Crippen LogP contribution in [-0.2, 0) is 9.84 Å². The van der Waals surface area contributed by atoms with Crippen LogP contribution >= 0.6 is 0 Å². The maximum Gasteiger partial charge on any atom is 0.339 e. The first kappa shape index (κ1) is 14.8. The van der Waals surface area contributed by atoms with Gasteiger partial charge in [-0.3, -0.25) is 4.90 Å². The number of carboxylic acids is 1. The smallest absolute Gasteiger partial charge is 0.339 e. The summed E-state index contributed by atoms with van der Waals surface area (Å²) >= 11 is 0. The highest BCUT2D eigenvalue weighted by molar-refractivity contribution is 7.91. The van der Waals surface area contributed by atoms with Crippen LogP contribution in [-0.4, -0.2) is 55.7 Å². The van der Waals surface area contributed by atoms with E-state index in [9.17, 15) is 13.2 Å². The summed E-state index contributed by atoms with van der Waals surface area (Å²) in [4.78, 5) is 12.8. The number of nitrogens with zero attached hydrogens (tertiary/aromatic N) is 1. The summed E-state index contributed by atoms with van der Waals surface area (Å²) in [6, 6.07) is 6.31. The Morgan fingerprint density at radius 2 is 2.15 bits per heavy atom. The Kier molecular flexibility index (Phi) is 4.29. The molecule has 0 saturated carbocycles. The molecule has 0 bridgehead atoms. The minimum absolute atomic E-state index is 0.0722. The monoisotopic (exact) mass is 299 g/mol. The van der Waals surface area contributed by atoms with Gasteiger partial charge >= 0.3 is 5.97 Å². The van der Waals surface area contributed by atoms with Gasteiger partial charge in [0.1, 0.15) is 18.0 Å². The second-order valence-electron chi connectivity index (χ2n) is 4.89. The summed E-state index contributed by atoms with van der Waals surface area (Å²) < 4.78 is 28.3. The minimum atomic E-state index is -2.94. The lowest BCUT2D eigenvalue weighted by atomic mass is 10.2. The number of hydrogen-bond acceptors (Lipinski definition) is 5. The Morgan fingerprint density at radius 3 is 2.75 bits per heavy atom. The molecule has 0 amide bonds. The Bertz CT molecular complexity index is 599. The number of carboxylic acid groups (broad SMARTS) is 1. The molecular formula is C13H17NO5S. The topological polar surface area (TPSA) is 83.9 Å². The second-order valence-corrected chi connectivity index (χ2v) is 7.12. The summed E-state index contributed by atoms with van der Waals surface area (Å²) in [7, 11) is -1.16. The van der Waals surface area contributed by atoms with Gasteiger partial charge in [0.05, 0.1) is 11.5 Å². The highest BCUT2D eigenvalue weighted by Crippen LogP contribution is 2.20. The van der Waals surface area contributed by atoms with Crippen LogP contribution in [0.25, 0.3) is 0 Å². The molecule has 20 heavy (non-hydrogen) atoms. The summed E-state index contributed by atoms with van der Waals surface area (Å²) in [6.45, 7) is 0.157. The average Bonchev–Trinajstić information content (AvgIpc) is 2.76. The van der Waals surface area contributed by atoms with E-state index in [2.05, 4.69) is 0 Å². The first-order valence-corrected chi connectivity index (χ1v) is 8.07. The molecule has 7 heteroatoms. The van der Waals surface area contributed by atoms with E-state index in [1.165, 1.54) is 6.07 Å². The fraction of sp³-hybridized carbons (Fsp3) is 0.462. The molecular weight excluding hydrogens is 282 g/mol. The van der Waals surface area contributed by atoms with E-state index < -0.39 is 15.8 Å². The molecule has 1 heterocycles. The second kappa shape index (κ2) is 5.80. The van der Waals surface area contributed by atoms with Crippen molar-refractivity contribution in [2.24, 2.45) is 0 Å². The summed E-state index contributed by atoms with van der Waals surface area (Å²) in [5.74, 6) is -0.430. The van der Waals surface area contributed by atoms with Gasteiger partial charge in [0.2, 0.25) is 0 Å². The van der Waals surface area contributed by atoms with Crippen LogP contribution in [0.1, 0.15) is 16.8 Å². The number of benzene rings is 1. The number of para-hydroxylation sites is 1. The van der Waals surface area contributed by atoms with Gasteiger partial charge in [0.15, 0.2) is 9.84 Å². The van der Waals surface area contributed by atoms with Crippen molar-refractivity contribution in [3.05, 3.63) is 29.8 Å². The van der Waals surface area contributed by atoms with E-state index in [1.54, 1.807) is 30.1 Å². The third kappa shape index (κ3) is 3.49. The van der Waals surface area contributed by atoms with Gasteiger partial charge < -0.3 is 9.84 Å². The van der Waals surface area contributed by atoms with Gasteiger partial charge in [-0.2, -0.15) is 0 Å². The maximum absolute atomic E-state index is 11.4. The van der Waals surface area contributed by atoms with Crippen molar-refractivity contribution in [3.8, 4) is 5.75 Å². The first-order chi connectivity index (χ1) is 9.39. The van der Waals surface area contributed by atoms with E-state index in [0.717, 1.165) is 0 Å². The van der Waals surface area contributed by atoms with E-state index in [1.807, 2.05) is 0 Å². The van der Waals surface area contributed by atoms with Crippen LogP contribution in [0.5, 0.6) is 5.75 Å². The Labute approximate surface area is 117 Å². The average molecular weight is 299 g/mol. The normalized spacial score (nSPS) is 21.0. The minimum Gasteiger partial charge on any atom is -0.478 e. The molecule has 2 rings (SSSR count). The van der Waals surface area contributed by atoms with E-state index >= 15 is 0 Å². The fourth-order valence-corrected chi connectivity index (χ4v) is 3.97. The Balaban J connectivity index is 1.97. The molecule has 0 radical (unpaired) electrons. The zero-order valence-corrected chi connectivity index (χ0v) is 12.0. The van der Waals surface area contributed by atoms with E-state index in [4.69, 9.17) is 9.84 Å². The lowest BCUT2D eigenvalue weighted by Crippen LogP contribution is -2.35. The first-order valence-electron chi connectivity index (χ1n) is 6.25. The van der Waals surface area contributed by atoms with Gasteiger partial charge in [0, 0.05) is 6.04 Å². The molecule has 1 N–H and O–H groups in total. The number of aromatic carboxylic acids is 1. The molecule has 110 valence electrons. The zero-order chi connectivity index (χ0) is 14.8. The summed E-state index contributed by atoms with van der Waals surface area (Å²) in [6.07, 6.45) is 0.586. The van der Waals surface area contributed by atoms with Crippen LogP contribution in [0, 0.1) is 0 Å². The molecule has 1 aromatic carbocycles. The molecule has 1 unspecified atom stereocenters. The van der Waals surface area contributed by atoms with Crippen LogP contribution in [0.3, 0.4) is 0 Å². The number of sulfone groups is 1. The van der Waals surface area contributed by atoms with E-state index in [-0.39, 0.29) is 35.6 Å². The van der Waals surface area contributed by atoms with Crippen molar-refractivity contribution in [2.45, 2.75) is 12.5 Å². The number of carbonyl (C=O) groups is 1. The lowest BCUT2D eigenvalue weighted by molar-refractivity contribution is 0.0684. The van der Waals surface area contributed by atoms with Crippen molar-refractivity contribution >= 4 is 15.8 Å². The summed E-state index contributed by atoms with van der Waals surface area (Å²) in [5, 5.41) is 9.04. The van der Waals surface area contributed by atoms with Crippen molar-refractivity contribution in [3.63, 3.8) is 0 Å². The van der Waals surface area contributed by atoms with Crippen LogP contribution in [0.15, 0.2) is 24.3 Å². The van der Waals surface area contributed by atoms with Crippen molar-refractivity contribution in [2.75, 3.05) is 25.3 Å². The fourth-order valence-electron chi connectivity index (χ4n) is 2.17. The van der Waals surface area contributed by atoms with Crippen molar-refractivity contribution in [1.82, 2.24) is 4.90 Å². The third-order valence-electron chi connectivity index (χ3n) is 3.37. The predicted octanol–water partition coefficient (Wildman–Crippen LogP) is 0.840. The zero-order valence-electron chi connectivity index (χ0n) is 11.2. The maximum atomic E-state index is 11.4. The molecule has 0 spiro atoms. The van der Waals surface area contributed by atoms with Crippen molar-refractivity contribution in [1.29, 1.82) is 0 Å². The van der Waals surface area contributed by atoms with Gasteiger partial charge in [-0.05, 0) is 25.6 Å². The highest BCUT2D eigenvalue weighted by Gasteiger charge is 2.30. The van der Waals surface area contributed by atoms with Crippen LogP contribution in [0.4, 0.5) is 0 Å². The van der Waals surface area contributed by atoms with E-state index in [0.29, 0.717) is 6.42 Å². The molecule has 1 atom stereocenters. The molecule has 0 aromatic heterocycles. The van der Waals surface area contributed by atoms with Gasteiger partial charge in [-0.25, -0.2) is 13.2 Å². The van der Waals surface area contributed by atoms with Crippen LogP contribution in [0.2, 0.25) is 0 Å². The predicted molar refractivity (Wildman–Crippen MR) is 73.7 cm³/mol. The highest BCUT2D eigenvalue weighted by atomic mass is 32.2. The molecule has 1 saturated heterocycles. The third-order valence-corrected chi connectivity index (χ3v) is 5.12. The van der Waals surface area contributed by atoms with Gasteiger partial charge in [-0.15, -0.1) is 0 Å². The molecule has 0 aliphatic carbocycles. The molecule has 6 nitrogen and oxygen atoms in total. The van der Waals surface area contributed by atoms with Gasteiger partial charge in [0.25, 0.3) is 0 Å². The largest absolute Gasteiger partial charge is 0.478 e. The molecule has 1 fully saturated rings. The number of ether oxygens (including phenoxy) is 1. The Morgan fingerprint density at radius 1 is 1.45 bits per heavy atom. The number of hydrogen-bond donors (Lipinski definition) is 1. The summed E-state index contributed by atoms with van der Waals surface area (Å²) in [5.41, 5.74) is 0.0972. The molecule has 1 aromatic rings. The van der Waals surface area contributed by atoms with Crippen molar-refractivity contribution < 1.29 is 23.1 Å². The standard InChI is InChI=1S/C13H17NO5S/c1-14(10-6-7-20(17,18)8-10)9-19-12-5-3-2-4-11(12)13(15)16/h2-5,10H,6-9H2,1H3,(H,15,16). The quantitative estimate of drug-likeness (QED) is 0.811.